The zero-order chi connectivity index (χ0) is 29.4. The Bertz CT molecular complexity index is 996. The highest BCUT2D eigenvalue weighted by atomic mass is 16.6. The number of carbonyl (C=O) groups is 4. The minimum atomic E-state index is -1.17. The van der Waals surface area contributed by atoms with Crippen LogP contribution in [0.5, 0.6) is 5.75 Å². The second kappa shape index (κ2) is 13.7. The number of hydrogen-bond acceptors (Lipinski definition) is 6. The van der Waals surface area contributed by atoms with Crippen molar-refractivity contribution in [3.8, 4) is 5.75 Å². The van der Waals surface area contributed by atoms with Crippen LogP contribution in [0.25, 0.3) is 0 Å². The van der Waals surface area contributed by atoms with Crippen LogP contribution in [-0.2, 0) is 19.1 Å². The maximum absolute atomic E-state index is 14.3. The van der Waals surface area contributed by atoms with E-state index in [1.54, 1.807) is 32.9 Å². The zero-order valence-corrected chi connectivity index (χ0v) is 24.2. The van der Waals surface area contributed by atoms with E-state index in [4.69, 9.17) is 10.5 Å². The molecule has 4 amide bonds. The molecular weight excluding hydrogens is 500 g/mol. The smallest absolute Gasteiger partial charge is 0.408 e. The van der Waals surface area contributed by atoms with Crippen LogP contribution in [0.4, 0.5) is 4.79 Å². The first-order chi connectivity index (χ1) is 18.1. The summed E-state index contributed by atoms with van der Waals surface area (Å²) in [5, 5.41) is 15.7. The van der Waals surface area contributed by atoms with E-state index >= 15 is 0 Å². The molecule has 1 aliphatic carbocycles. The number of benzene rings is 1. The number of hydrogen-bond donors (Lipinski definition) is 4. The van der Waals surface area contributed by atoms with Crippen LogP contribution in [0.1, 0.15) is 105 Å². The summed E-state index contributed by atoms with van der Waals surface area (Å²) in [5.74, 6) is -1.46. The quantitative estimate of drug-likeness (QED) is 0.329. The summed E-state index contributed by atoms with van der Waals surface area (Å²) in [5.41, 5.74) is 4.26. The minimum Gasteiger partial charge on any atom is -0.508 e. The Morgan fingerprint density at radius 1 is 1.05 bits per heavy atom. The lowest BCUT2D eigenvalue weighted by Gasteiger charge is -2.45. The van der Waals surface area contributed by atoms with Crippen molar-refractivity contribution in [3.63, 3.8) is 0 Å². The van der Waals surface area contributed by atoms with Gasteiger partial charge in [-0.25, -0.2) is 4.79 Å². The van der Waals surface area contributed by atoms with Crippen molar-refractivity contribution in [1.82, 2.24) is 15.5 Å². The average molecular weight is 547 g/mol. The fourth-order valence-electron chi connectivity index (χ4n) is 4.71. The molecule has 0 spiro atoms. The Morgan fingerprint density at radius 3 is 2.15 bits per heavy atom. The van der Waals surface area contributed by atoms with E-state index < -0.39 is 41.1 Å². The third-order valence-corrected chi connectivity index (χ3v) is 7.09. The maximum Gasteiger partial charge on any atom is 0.408 e. The summed E-state index contributed by atoms with van der Waals surface area (Å²) >= 11 is 0. The predicted octanol–water partition coefficient (Wildman–Crippen LogP) is 4.06. The van der Waals surface area contributed by atoms with Gasteiger partial charge in [0.05, 0.1) is 0 Å². The summed E-state index contributed by atoms with van der Waals surface area (Å²) < 4.78 is 5.38. The van der Waals surface area contributed by atoms with Gasteiger partial charge in [0.2, 0.25) is 17.7 Å². The largest absolute Gasteiger partial charge is 0.508 e. The number of primary amides is 1. The van der Waals surface area contributed by atoms with Crippen LogP contribution in [0, 0.1) is 0 Å². The number of nitrogens with one attached hydrogen (secondary N) is 2. The number of alkyl carbamates (subject to hydrolysis) is 1. The second-order valence-corrected chi connectivity index (χ2v) is 11.9. The molecule has 1 saturated carbocycles. The molecule has 10 heteroatoms. The van der Waals surface area contributed by atoms with E-state index in [0.717, 1.165) is 32.1 Å². The standard InChI is InChI=1S/C29H46N4O6/c1-7-29(5,6)33(26(37)22(17-18-23(30)35)32-27(38)39-28(2,3)4)24(19-13-15-21(34)16-14-19)25(36)31-20-11-9-8-10-12-20/h13-16,20,22,24,34H,7-12,17-18H2,1-6H3,(H2,30,35)(H,31,36)(H,32,38). The summed E-state index contributed by atoms with van der Waals surface area (Å²) in [6.45, 7) is 10.7. The van der Waals surface area contributed by atoms with Crippen molar-refractivity contribution < 1.29 is 29.0 Å². The number of phenols is 1. The molecule has 1 aromatic carbocycles. The molecule has 218 valence electrons. The lowest BCUT2D eigenvalue weighted by molar-refractivity contribution is -0.150. The van der Waals surface area contributed by atoms with Gasteiger partial charge in [-0.3, -0.25) is 14.4 Å². The lowest BCUT2D eigenvalue weighted by Crippen LogP contribution is -2.60. The van der Waals surface area contributed by atoms with Crippen LogP contribution in [0.2, 0.25) is 0 Å². The normalized spacial score (nSPS) is 16.1. The van der Waals surface area contributed by atoms with Gasteiger partial charge in [-0.2, -0.15) is 0 Å². The van der Waals surface area contributed by atoms with Crippen molar-refractivity contribution in [3.05, 3.63) is 29.8 Å². The molecule has 0 aromatic heterocycles. The number of aromatic hydroxyl groups is 1. The average Bonchev–Trinajstić information content (AvgIpc) is 2.84. The molecule has 39 heavy (non-hydrogen) atoms. The van der Waals surface area contributed by atoms with Crippen LogP contribution in [0.15, 0.2) is 24.3 Å². The fourth-order valence-corrected chi connectivity index (χ4v) is 4.71. The number of amides is 4. The van der Waals surface area contributed by atoms with Gasteiger partial charge in [0, 0.05) is 18.0 Å². The topological polar surface area (TPSA) is 151 Å². The van der Waals surface area contributed by atoms with Crippen LogP contribution in [-0.4, -0.2) is 57.0 Å². The summed E-state index contributed by atoms with van der Waals surface area (Å²) in [6.07, 6.45) is 4.37. The molecule has 2 rings (SSSR count). The first kappa shape index (κ1) is 31.9. The number of phenolic OH excluding ortho intramolecular Hbond substituents is 1. The van der Waals surface area contributed by atoms with E-state index in [9.17, 15) is 24.3 Å². The second-order valence-electron chi connectivity index (χ2n) is 11.9. The number of rotatable bonds is 11. The van der Waals surface area contributed by atoms with Crippen molar-refractivity contribution >= 4 is 23.8 Å². The van der Waals surface area contributed by atoms with Crippen LogP contribution >= 0.6 is 0 Å². The third-order valence-electron chi connectivity index (χ3n) is 7.09. The zero-order valence-electron chi connectivity index (χ0n) is 24.2. The monoisotopic (exact) mass is 546 g/mol. The van der Waals surface area contributed by atoms with Gasteiger partial charge in [-0.1, -0.05) is 38.3 Å². The van der Waals surface area contributed by atoms with E-state index in [-0.39, 0.29) is 30.5 Å². The first-order valence-electron chi connectivity index (χ1n) is 13.8. The van der Waals surface area contributed by atoms with E-state index in [1.807, 2.05) is 20.8 Å². The van der Waals surface area contributed by atoms with E-state index in [0.29, 0.717) is 12.0 Å². The molecule has 1 aromatic rings. The fraction of sp³-hybridized carbons (Fsp3) is 0.655. The number of nitrogens with two attached hydrogens (primary N) is 1. The van der Waals surface area contributed by atoms with Gasteiger partial charge in [0.25, 0.3) is 0 Å². The lowest BCUT2D eigenvalue weighted by atomic mass is 9.90. The van der Waals surface area contributed by atoms with Crippen LogP contribution in [0.3, 0.4) is 0 Å². The Labute approximate surface area is 232 Å². The minimum absolute atomic E-state index is 0.00176. The molecule has 0 radical (unpaired) electrons. The molecule has 10 nitrogen and oxygen atoms in total. The predicted molar refractivity (Wildman–Crippen MR) is 149 cm³/mol. The molecule has 0 bridgehead atoms. The highest BCUT2D eigenvalue weighted by molar-refractivity contribution is 5.93. The molecule has 0 aliphatic heterocycles. The highest BCUT2D eigenvalue weighted by Crippen LogP contribution is 2.34. The maximum atomic E-state index is 14.3. The van der Waals surface area contributed by atoms with Gasteiger partial charge in [-0.15, -0.1) is 0 Å². The summed E-state index contributed by atoms with van der Waals surface area (Å²) in [7, 11) is 0. The van der Waals surface area contributed by atoms with E-state index in [2.05, 4.69) is 10.6 Å². The highest BCUT2D eigenvalue weighted by Gasteiger charge is 2.43. The number of nitrogens with zero attached hydrogens (tertiary/aromatic N) is 1. The van der Waals surface area contributed by atoms with Crippen molar-refractivity contribution in [2.24, 2.45) is 5.73 Å². The van der Waals surface area contributed by atoms with Gasteiger partial charge >= 0.3 is 6.09 Å². The van der Waals surface area contributed by atoms with Gasteiger partial charge in [-0.05, 0) is 78.0 Å². The molecule has 2 unspecified atom stereocenters. The van der Waals surface area contributed by atoms with Crippen molar-refractivity contribution in [2.45, 2.75) is 122 Å². The Kier molecular flexibility index (Phi) is 11.2. The van der Waals surface area contributed by atoms with Gasteiger partial charge in [0.15, 0.2) is 0 Å². The Morgan fingerprint density at radius 2 is 1.64 bits per heavy atom. The van der Waals surface area contributed by atoms with Crippen molar-refractivity contribution in [2.75, 3.05) is 0 Å². The first-order valence-corrected chi connectivity index (χ1v) is 13.8. The summed E-state index contributed by atoms with van der Waals surface area (Å²) in [4.78, 5) is 54.1. The van der Waals surface area contributed by atoms with Gasteiger partial charge < -0.3 is 31.1 Å². The molecule has 1 fully saturated rings. The molecule has 0 heterocycles. The molecule has 0 saturated heterocycles. The number of carbonyl (C=O) groups excluding carboxylic acids is 4. The number of ether oxygens (including phenoxy) is 1. The van der Waals surface area contributed by atoms with Crippen LogP contribution < -0.4 is 16.4 Å². The Hall–Kier alpha value is -3.30. The molecule has 5 N–H and O–H groups in total. The van der Waals surface area contributed by atoms with E-state index in [1.165, 1.54) is 17.0 Å². The molecule has 2 atom stereocenters. The SMILES string of the molecule is CCC(C)(C)N(C(=O)C(CCC(N)=O)NC(=O)OC(C)(C)C)C(C(=O)NC1CCCCC1)c1ccc(O)cc1. The molecular formula is C29H46N4O6. The summed E-state index contributed by atoms with van der Waals surface area (Å²) in [6, 6.07) is 3.96. The third kappa shape index (κ3) is 9.75. The van der Waals surface area contributed by atoms with Crippen molar-refractivity contribution in [1.29, 1.82) is 0 Å². The Balaban J connectivity index is 2.55. The molecule has 1 aliphatic rings. The van der Waals surface area contributed by atoms with Gasteiger partial charge in [0.1, 0.15) is 23.4 Å².